The van der Waals surface area contributed by atoms with Gasteiger partial charge in [0.05, 0.1) is 6.54 Å². The molecule has 3 amide bonds. The summed E-state index contributed by atoms with van der Waals surface area (Å²) in [6.07, 6.45) is 7.14. The van der Waals surface area contributed by atoms with Crippen LogP contribution in [0.2, 0.25) is 0 Å². The highest BCUT2D eigenvalue weighted by Gasteiger charge is 2.26. The molecular weight excluding hydrogens is 368 g/mol. The summed E-state index contributed by atoms with van der Waals surface area (Å²) in [5.74, 6) is 0.254. The van der Waals surface area contributed by atoms with Crippen LogP contribution in [0.15, 0.2) is 30.3 Å². The van der Waals surface area contributed by atoms with Crippen LogP contribution in [-0.2, 0) is 14.4 Å². The van der Waals surface area contributed by atoms with Gasteiger partial charge in [0.15, 0.2) is 0 Å². The molecule has 2 saturated heterocycles. The minimum absolute atomic E-state index is 0.00845. The van der Waals surface area contributed by atoms with Gasteiger partial charge >= 0.3 is 0 Å². The third-order valence-corrected chi connectivity index (χ3v) is 5.69. The van der Waals surface area contributed by atoms with Gasteiger partial charge < -0.3 is 15.1 Å². The molecule has 0 spiro atoms. The normalized spacial score (nSPS) is 20.5. The van der Waals surface area contributed by atoms with Gasteiger partial charge in [-0.3, -0.25) is 19.3 Å². The van der Waals surface area contributed by atoms with Crippen molar-refractivity contribution in [3.8, 4) is 0 Å². The van der Waals surface area contributed by atoms with E-state index in [1.54, 1.807) is 6.08 Å². The average molecular weight is 396 g/mol. The van der Waals surface area contributed by atoms with Crippen molar-refractivity contribution in [2.75, 3.05) is 44.2 Å². The number of benzene rings is 1. The van der Waals surface area contributed by atoms with Gasteiger partial charge in [0, 0.05) is 56.9 Å². The van der Waals surface area contributed by atoms with Crippen LogP contribution in [0.4, 0.5) is 5.69 Å². The SMILES string of the molecule is O=C(CN1CCN(C(=O)/C=C/c2ccc(N3CCCC3=O)cc2)CC1)NC1CC1. The Morgan fingerprint density at radius 2 is 1.76 bits per heavy atom. The number of carbonyl (C=O) groups excluding carboxylic acids is 3. The summed E-state index contributed by atoms with van der Waals surface area (Å²) >= 11 is 0. The summed E-state index contributed by atoms with van der Waals surface area (Å²) in [6.45, 7) is 3.90. The van der Waals surface area contributed by atoms with Gasteiger partial charge in [0.2, 0.25) is 17.7 Å². The lowest BCUT2D eigenvalue weighted by Crippen LogP contribution is -2.51. The quantitative estimate of drug-likeness (QED) is 0.735. The maximum atomic E-state index is 12.5. The molecule has 4 rings (SSSR count). The van der Waals surface area contributed by atoms with Gasteiger partial charge in [-0.2, -0.15) is 0 Å². The van der Waals surface area contributed by atoms with Crippen molar-refractivity contribution in [1.82, 2.24) is 15.1 Å². The topological polar surface area (TPSA) is 73.0 Å². The fourth-order valence-electron chi connectivity index (χ4n) is 3.79. The molecular formula is C22H28N4O3. The van der Waals surface area contributed by atoms with Gasteiger partial charge in [-0.25, -0.2) is 0 Å². The average Bonchev–Trinajstić information content (AvgIpc) is 3.44. The molecule has 1 N–H and O–H groups in total. The maximum Gasteiger partial charge on any atom is 0.246 e. The molecule has 1 aliphatic carbocycles. The highest BCUT2D eigenvalue weighted by molar-refractivity contribution is 5.95. The largest absolute Gasteiger partial charge is 0.352 e. The summed E-state index contributed by atoms with van der Waals surface area (Å²) in [4.78, 5) is 41.9. The molecule has 3 aliphatic rings. The predicted molar refractivity (Wildman–Crippen MR) is 111 cm³/mol. The second-order valence-electron chi connectivity index (χ2n) is 8.02. The van der Waals surface area contributed by atoms with E-state index in [2.05, 4.69) is 10.2 Å². The number of hydrogen-bond donors (Lipinski definition) is 1. The lowest BCUT2D eigenvalue weighted by Gasteiger charge is -2.33. The Morgan fingerprint density at radius 3 is 2.38 bits per heavy atom. The smallest absolute Gasteiger partial charge is 0.246 e. The van der Waals surface area contributed by atoms with Gasteiger partial charge in [-0.15, -0.1) is 0 Å². The van der Waals surface area contributed by atoms with Crippen molar-refractivity contribution in [3.63, 3.8) is 0 Å². The van der Waals surface area contributed by atoms with E-state index in [1.165, 1.54) is 0 Å². The first-order chi connectivity index (χ1) is 14.1. The summed E-state index contributed by atoms with van der Waals surface area (Å²) in [6, 6.07) is 8.11. The first kappa shape index (κ1) is 19.6. The van der Waals surface area contributed by atoms with E-state index in [0.29, 0.717) is 32.1 Å². The van der Waals surface area contributed by atoms with Crippen molar-refractivity contribution in [2.45, 2.75) is 31.7 Å². The Kier molecular flexibility index (Phi) is 5.94. The lowest BCUT2D eigenvalue weighted by atomic mass is 10.1. The summed E-state index contributed by atoms with van der Waals surface area (Å²) in [7, 11) is 0. The third kappa shape index (κ3) is 5.23. The number of amides is 3. The van der Waals surface area contributed by atoms with Gasteiger partial charge in [-0.1, -0.05) is 12.1 Å². The molecule has 7 heteroatoms. The highest BCUT2D eigenvalue weighted by atomic mass is 16.2. The first-order valence-corrected chi connectivity index (χ1v) is 10.5. The Bertz CT molecular complexity index is 793. The van der Waals surface area contributed by atoms with Crippen LogP contribution < -0.4 is 10.2 Å². The molecule has 7 nitrogen and oxygen atoms in total. The Balaban J connectivity index is 1.23. The van der Waals surface area contributed by atoms with Crippen LogP contribution in [-0.4, -0.2) is 72.8 Å². The minimum Gasteiger partial charge on any atom is -0.352 e. The number of hydrogen-bond acceptors (Lipinski definition) is 4. The molecule has 2 aliphatic heterocycles. The molecule has 1 aromatic rings. The standard InChI is InChI=1S/C22H28N4O3/c27-20(23-18-6-7-18)16-24-12-14-25(15-13-24)21(28)10-5-17-3-8-19(9-4-17)26-11-1-2-22(26)29/h3-5,8-10,18H,1-2,6-7,11-16H2,(H,23,27)/b10-5+. The van der Waals surface area contributed by atoms with E-state index >= 15 is 0 Å². The molecule has 0 radical (unpaired) electrons. The molecule has 0 unspecified atom stereocenters. The van der Waals surface area contributed by atoms with E-state index in [1.807, 2.05) is 40.1 Å². The number of carbonyl (C=O) groups is 3. The molecule has 3 fully saturated rings. The minimum atomic E-state index is -0.00845. The fraction of sp³-hybridized carbons (Fsp3) is 0.500. The van der Waals surface area contributed by atoms with Crippen molar-refractivity contribution in [3.05, 3.63) is 35.9 Å². The van der Waals surface area contributed by atoms with Crippen molar-refractivity contribution < 1.29 is 14.4 Å². The molecule has 0 bridgehead atoms. The molecule has 1 saturated carbocycles. The van der Waals surface area contributed by atoms with Crippen LogP contribution in [0.25, 0.3) is 6.08 Å². The lowest BCUT2D eigenvalue weighted by molar-refractivity contribution is -0.128. The van der Waals surface area contributed by atoms with Gasteiger partial charge in [0.25, 0.3) is 0 Å². The van der Waals surface area contributed by atoms with Crippen LogP contribution in [0.3, 0.4) is 0 Å². The molecule has 2 heterocycles. The molecule has 154 valence electrons. The van der Waals surface area contributed by atoms with E-state index < -0.39 is 0 Å². The number of nitrogens with one attached hydrogen (secondary N) is 1. The van der Waals surface area contributed by atoms with E-state index in [4.69, 9.17) is 0 Å². The van der Waals surface area contributed by atoms with Crippen LogP contribution in [0.5, 0.6) is 0 Å². The fourth-order valence-corrected chi connectivity index (χ4v) is 3.79. The second kappa shape index (κ2) is 8.78. The summed E-state index contributed by atoms with van der Waals surface area (Å²) < 4.78 is 0. The maximum absolute atomic E-state index is 12.5. The van der Waals surface area contributed by atoms with E-state index in [-0.39, 0.29) is 17.7 Å². The van der Waals surface area contributed by atoms with Gasteiger partial charge in [-0.05, 0) is 43.0 Å². The number of anilines is 1. The predicted octanol–water partition coefficient (Wildman–Crippen LogP) is 1.25. The van der Waals surface area contributed by atoms with E-state index in [0.717, 1.165) is 50.1 Å². The summed E-state index contributed by atoms with van der Waals surface area (Å²) in [5.41, 5.74) is 1.85. The molecule has 0 aromatic heterocycles. The van der Waals surface area contributed by atoms with Crippen LogP contribution in [0.1, 0.15) is 31.2 Å². The number of rotatable bonds is 6. The second-order valence-corrected chi connectivity index (χ2v) is 8.02. The number of nitrogens with zero attached hydrogens (tertiary/aromatic N) is 3. The van der Waals surface area contributed by atoms with Crippen LogP contribution >= 0.6 is 0 Å². The number of piperazine rings is 1. The Labute approximate surface area is 171 Å². The highest BCUT2D eigenvalue weighted by Crippen LogP contribution is 2.22. The molecule has 0 atom stereocenters. The van der Waals surface area contributed by atoms with Gasteiger partial charge in [0.1, 0.15) is 0 Å². The van der Waals surface area contributed by atoms with Crippen LogP contribution in [0, 0.1) is 0 Å². The van der Waals surface area contributed by atoms with Crippen molar-refractivity contribution in [2.24, 2.45) is 0 Å². The monoisotopic (exact) mass is 396 g/mol. The summed E-state index contributed by atoms with van der Waals surface area (Å²) in [5, 5.41) is 3.00. The first-order valence-electron chi connectivity index (χ1n) is 10.5. The van der Waals surface area contributed by atoms with E-state index in [9.17, 15) is 14.4 Å². The zero-order chi connectivity index (χ0) is 20.2. The zero-order valence-electron chi connectivity index (χ0n) is 16.7. The van der Waals surface area contributed by atoms with Crippen molar-refractivity contribution >= 4 is 29.5 Å². The Hall–Kier alpha value is -2.67. The molecule has 29 heavy (non-hydrogen) atoms. The third-order valence-electron chi connectivity index (χ3n) is 5.69. The van der Waals surface area contributed by atoms with Crippen molar-refractivity contribution in [1.29, 1.82) is 0 Å². The Morgan fingerprint density at radius 1 is 1.03 bits per heavy atom. The molecule has 1 aromatic carbocycles. The zero-order valence-corrected chi connectivity index (χ0v) is 16.7.